The van der Waals surface area contributed by atoms with Crippen LogP contribution in [-0.4, -0.2) is 35.4 Å². The first-order valence-electron chi connectivity index (χ1n) is 8.47. The minimum atomic E-state index is -3.90. The second-order valence-corrected chi connectivity index (χ2v) is 8.31. The summed E-state index contributed by atoms with van der Waals surface area (Å²) in [6.45, 7) is 3.76. The zero-order chi connectivity index (χ0) is 19.2. The number of halogens is 1. The summed E-state index contributed by atoms with van der Waals surface area (Å²) in [4.78, 5) is 24.0. The van der Waals surface area contributed by atoms with Gasteiger partial charge in [-0.05, 0) is 51.1 Å². The second-order valence-electron chi connectivity index (χ2n) is 6.23. The SMILES string of the molecule is CC(C)Nc1nc(Cl)nc(NC(=O)NS(=O)(=O)/C2=C/CCCCCC2)n1. The highest BCUT2D eigenvalue weighted by molar-refractivity contribution is 7.93. The Balaban J connectivity index is 2.06. The average Bonchev–Trinajstić information content (AvgIpc) is 2.43. The first-order chi connectivity index (χ1) is 12.3. The van der Waals surface area contributed by atoms with Crippen LogP contribution in [0.1, 0.15) is 52.4 Å². The summed E-state index contributed by atoms with van der Waals surface area (Å²) in [6, 6.07) is -0.910. The molecule has 0 saturated carbocycles. The van der Waals surface area contributed by atoms with E-state index in [2.05, 4.69) is 25.6 Å². The molecule has 0 aliphatic heterocycles. The Morgan fingerprint density at radius 3 is 2.54 bits per heavy atom. The van der Waals surface area contributed by atoms with E-state index in [9.17, 15) is 13.2 Å². The van der Waals surface area contributed by atoms with Crippen molar-refractivity contribution in [1.29, 1.82) is 0 Å². The van der Waals surface area contributed by atoms with Crippen LogP contribution in [0.5, 0.6) is 0 Å². The molecule has 1 aromatic heterocycles. The van der Waals surface area contributed by atoms with Crippen LogP contribution in [0.2, 0.25) is 5.28 Å². The Kier molecular flexibility index (Phi) is 7.15. The number of rotatable bonds is 5. The molecule has 3 N–H and O–H groups in total. The molecule has 0 fully saturated rings. The van der Waals surface area contributed by atoms with Crippen molar-refractivity contribution in [2.75, 3.05) is 10.6 Å². The molecule has 0 spiro atoms. The van der Waals surface area contributed by atoms with Gasteiger partial charge in [0.05, 0.1) is 4.91 Å². The van der Waals surface area contributed by atoms with Crippen molar-refractivity contribution in [1.82, 2.24) is 19.7 Å². The lowest BCUT2D eigenvalue weighted by Gasteiger charge is -2.13. The maximum absolute atomic E-state index is 12.4. The van der Waals surface area contributed by atoms with Crippen LogP contribution in [0.4, 0.5) is 16.7 Å². The van der Waals surface area contributed by atoms with Crippen molar-refractivity contribution >= 4 is 39.6 Å². The third-order valence-electron chi connectivity index (χ3n) is 3.57. The van der Waals surface area contributed by atoms with Crippen molar-refractivity contribution in [2.24, 2.45) is 0 Å². The molecule has 144 valence electrons. The van der Waals surface area contributed by atoms with E-state index in [1.165, 1.54) is 0 Å². The molecule has 1 aliphatic rings. The first-order valence-corrected chi connectivity index (χ1v) is 10.3. The summed E-state index contributed by atoms with van der Waals surface area (Å²) in [5.74, 6) is 0.0355. The molecule has 2 rings (SSSR count). The van der Waals surface area contributed by atoms with E-state index in [0.717, 1.165) is 25.7 Å². The van der Waals surface area contributed by atoms with Crippen LogP contribution in [-0.2, 0) is 10.0 Å². The highest BCUT2D eigenvalue weighted by Gasteiger charge is 2.21. The molecular weight excluding hydrogens is 380 g/mol. The maximum atomic E-state index is 12.4. The van der Waals surface area contributed by atoms with Gasteiger partial charge in [0.1, 0.15) is 0 Å². The van der Waals surface area contributed by atoms with Crippen LogP contribution < -0.4 is 15.4 Å². The van der Waals surface area contributed by atoms with Crippen LogP contribution >= 0.6 is 11.6 Å². The lowest BCUT2D eigenvalue weighted by molar-refractivity contribution is 0.256. The van der Waals surface area contributed by atoms with Crippen LogP contribution in [0.25, 0.3) is 0 Å². The molecule has 1 aliphatic carbocycles. The van der Waals surface area contributed by atoms with E-state index in [1.807, 2.05) is 18.6 Å². The van der Waals surface area contributed by atoms with Crippen molar-refractivity contribution in [3.63, 3.8) is 0 Å². The minimum absolute atomic E-state index is 0.0433. The number of anilines is 2. The van der Waals surface area contributed by atoms with Gasteiger partial charge in [-0.1, -0.05) is 18.9 Å². The van der Waals surface area contributed by atoms with Crippen molar-refractivity contribution in [3.05, 3.63) is 16.3 Å². The van der Waals surface area contributed by atoms with Gasteiger partial charge in [0.2, 0.25) is 17.2 Å². The maximum Gasteiger partial charge on any atom is 0.335 e. The lowest BCUT2D eigenvalue weighted by atomic mass is 10.1. The number of nitrogens with one attached hydrogen (secondary N) is 3. The molecule has 11 heteroatoms. The van der Waals surface area contributed by atoms with E-state index in [4.69, 9.17) is 11.6 Å². The number of sulfonamides is 1. The van der Waals surface area contributed by atoms with Gasteiger partial charge in [0, 0.05) is 6.04 Å². The molecule has 1 heterocycles. The topological polar surface area (TPSA) is 126 Å². The quantitative estimate of drug-likeness (QED) is 0.690. The number of carbonyl (C=O) groups is 1. The Morgan fingerprint density at radius 1 is 1.12 bits per heavy atom. The highest BCUT2D eigenvalue weighted by Crippen LogP contribution is 2.20. The number of nitrogens with zero attached hydrogens (tertiary/aromatic N) is 3. The molecule has 2 amide bonds. The third-order valence-corrected chi connectivity index (χ3v) is 5.26. The summed E-state index contributed by atoms with van der Waals surface area (Å²) in [6.07, 6.45) is 6.58. The molecular formula is C15H23ClN6O3S. The number of urea groups is 1. The normalized spacial score (nSPS) is 17.6. The Labute approximate surface area is 158 Å². The third kappa shape index (κ3) is 6.41. The predicted molar refractivity (Wildman–Crippen MR) is 100 cm³/mol. The smallest absolute Gasteiger partial charge is 0.335 e. The fourth-order valence-electron chi connectivity index (χ4n) is 2.45. The van der Waals surface area contributed by atoms with E-state index in [1.54, 1.807) is 6.08 Å². The minimum Gasteiger partial charge on any atom is -0.352 e. The van der Waals surface area contributed by atoms with Crippen molar-refractivity contribution < 1.29 is 13.2 Å². The number of amides is 2. The summed E-state index contributed by atoms with van der Waals surface area (Å²) < 4.78 is 26.8. The number of aromatic nitrogens is 3. The Morgan fingerprint density at radius 2 is 1.81 bits per heavy atom. The number of hydrogen-bond acceptors (Lipinski definition) is 7. The van der Waals surface area contributed by atoms with Crippen LogP contribution in [0, 0.1) is 0 Å². The molecule has 0 unspecified atom stereocenters. The number of hydrogen-bond donors (Lipinski definition) is 3. The predicted octanol–water partition coefficient (Wildman–Crippen LogP) is 3.03. The molecule has 0 aromatic carbocycles. The number of allylic oxidation sites excluding steroid dienone is 2. The molecule has 26 heavy (non-hydrogen) atoms. The van der Waals surface area contributed by atoms with E-state index < -0.39 is 16.1 Å². The van der Waals surface area contributed by atoms with Gasteiger partial charge in [-0.15, -0.1) is 0 Å². The molecule has 0 bridgehead atoms. The van der Waals surface area contributed by atoms with Gasteiger partial charge in [-0.2, -0.15) is 15.0 Å². The Bertz CT molecular complexity index is 782. The van der Waals surface area contributed by atoms with Gasteiger partial charge < -0.3 is 5.32 Å². The van der Waals surface area contributed by atoms with Crippen molar-refractivity contribution in [2.45, 2.75) is 58.4 Å². The summed E-state index contributed by atoms with van der Waals surface area (Å²) in [7, 11) is -3.90. The average molecular weight is 403 g/mol. The molecule has 0 atom stereocenters. The molecule has 1 aromatic rings. The Hall–Kier alpha value is -1.94. The van der Waals surface area contributed by atoms with Crippen molar-refractivity contribution in [3.8, 4) is 0 Å². The van der Waals surface area contributed by atoms with Gasteiger partial charge in [-0.25, -0.2) is 17.9 Å². The summed E-state index contributed by atoms with van der Waals surface area (Å²) >= 11 is 5.80. The summed E-state index contributed by atoms with van der Waals surface area (Å²) in [5, 5.41) is 5.08. The largest absolute Gasteiger partial charge is 0.352 e. The zero-order valence-electron chi connectivity index (χ0n) is 14.7. The molecule has 0 saturated heterocycles. The van der Waals surface area contributed by atoms with E-state index in [-0.39, 0.29) is 28.1 Å². The second kappa shape index (κ2) is 9.13. The standard InChI is InChI=1S/C15H23ClN6O3S/c1-10(2)17-13-18-12(16)19-14(20-13)21-15(23)22-26(24,25)11-8-6-4-3-5-7-9-11/h8,10H,3-7,9H2,1-2H3,(H3,17,18,19,20,21,22,23)/b11-8+. The van der Waals surface area contributed by atoms with E-state index in [0.29, 0.717) is 12.8 Å². The number of carbonyl (C=O) groups excluding carboxylic acids is 1. The first kappa shape index (κ1) is 20.4. The van der Waals surface area contributed by atoms with Crippen LogP contribution in [0.15, 0.2) is 11.0 Å². The lowest BCUT2D eigenvalue weighted by Crippen LogP contribution is -2.35. The van der Waals surface area contributed by atoms with Gasteiger partial charge in [-0.3, -0.25) is 5.32 Å². The molecule has 0 radical (unpaired) electrons. The van der Waals surface area contributed by atoms with E-state index >= 15 is 0 Å². The summed E-state index contributed by atoms with van der Waals surface area (Å²) in [5.41, 5.74) is 0. The molecule has 9 nitrogen and oxygen atoms in total. The van der Waals surface area contributed by atoms with Crippen LogP contribution in [0.3, 0.4) is 0 Å². The monoisotopic (exact) mass is 402 g/mol. The highest BCUT2D eigenvalue weighted by atomic mass is 35.5. The van der Waals surface area contributed by atoms with Gasteiger partial charge in [0.25, 0.3) is 10.0 Å². The fraction of sp³-hybridized carbons (Fsp3) is 0.600. The van der Waals surface area contributed by atoms with Gasteiger partial charge in [0.15, 0.2) is 0 Å². The van der Waals surface area contributed by atoms with Gasteiger partial charge >= 0.3 is 6.03 Å². The zero-order valence-corrected chi connectivity index (χ0v) is 16.3. The fourth-order valence-corrected chi connectivity index (χ4v) is 3.79.